The summed E-state index contributed by atoms with van der Waals surface area (Å²) in [5.74, 6) is -0.977. The first kappa shape index (κ1) is 10.5. The van der Waals surface area contributed by atoms with Gasteiger partial charge in [0.15, 0.2) is 0 Å². The largest absolute Gasteiger partial charge is 0.481 e. The van der Waals surface area contributed by atoms with Gasteiger partial charge in [0.05, 0.1) is 11.7 Å². The summed E-state index contributed by atoms with van der Waals surface area (Å²) >= 11 is 0. The maximum absolute atomic E-state index is 11.0. The Balaban J connectivity index is 2.53. The molecule has 0 bridgehead atoms. The van der Waals surface area contributed by atoms with Crippen molar-refractivity contribution < 1.29 is 18.3 Å². The number of carbonyl (C=O) groups is 1. The zero-order valence-corrected chi connectivity index (χ0v) is 8.17. The number of sulfone groups is 1. The van der Waals surface area contributed by atoms with E-state index < -0.39 is 26.6 Å². The summed E-state index contributed by atoms with van der Waals surface area (Å²) in [5, 5.41) is 8.03. The third-order valence-corrected chi connectivity index (χ3v) is 3.92. The highest BCUT2D eigenvalue weighted by atomic mass is 32.2. The predicted octanol–water partition coefficient (Wildman–Crippen LogP) is -0.634. The molecule has 1 saturated carbocycles. The number of rotatable bonds is 3. The minimum Gasteiger partial charge on any atom is -0.481 e. The fourth-order valence-electron chi connectivity index (χ4n) is 1.60. The highest BCUT2D eigenvalue weighted by Gasteiger charge is 2.46. The Morgan fingerprint density at radius 1 is 1.62 bits per heavy atom. The molecule has 1 fully saturated rings. The summed E-state index contributed by atoms with van der Waals surface area (Å²) in [5.41, 5.74) is 4.84. The van der Waals surface area contributed by atoms with Crippen LogP contribution in [0.3, 0.4) is 0 Å². The van der Waals surface area contributed by atoms with Gasteiger partial charge < -0.3 is 10.8 Å². The van der Waals surface area contributed by atoms with Crippen LogP contribution in [0.5, 0.6) is 0 Å². The van der Waals surface area contributed by atoms with Crippen LogP contribution in [0.25, 0.3) is 0 Å². The Labute approximate surface area is 76.8 Å². The molecule has 0 amide bonds. The van der Waals surface area contributed by atoms with Crippen molar-refractivity contribution in [3.8, 4) is 0 Å². The second kappa shape index (κ2) is 2.95. The maximum Gasteiger partial charge on any atom is 0.305 e. The second-order valence-electron chi connectivity index (χ2n) is 3.79. The van der Waals surface area contributed by atoms with Crippen LogP contribution in [-0.2, 0) is 14.6 Å². The second-order valence-corrected chi connectivity index (χ2v) is 6.12. The standard InChI is InChI=1S/C7H13NO4S/c1-13(11,12)5-2-7(8,3-5)4-6(9)10/h5H,2-4,8H2,1H3,(H,9,10). The molecule has 0 aliphatic heterocycles. The Morgan fingerprint density at radius 2 is 2.08 bits per heavy atom. The Hall–Kier alpha value is -0.620. The molecule has 76 valence electrons. The smallest absolute Gasteiger partial charge is 0.305 e. The van der Waals surface area contributed by atoms with E-state index in [2.05, 4.69) is 0 Å². The van der Waals surface area contributed by atoms with Gasteiger partial charge in [0.2, 0.25) is 0 Å². The summed E-state index contributed by atoms with van der Waals surface area (Å²) in [4.78, 5) is 10.3. The van der Waals surface area contributed by atoms with Crippen LogP contribution < -0.4 is 5.73 Å². The molecule has 0 saturated heterocycles. The van der Waals surface area contributed by atoms with Crippen LogP contribution in [0, 0.1) is 0 Å². The summed E-state index contributed by atoms with van der Waals surface area (Å²) < 4.78 is 22.0. The van der Waals surface area contributed by atoms with Crippen LogP contribution in [0.4, 0.5) is 0 Å². The van der Waals surface area contributed by atoms with Crippen molar-refractivity contribution in [1.82, 2.24) is 0 Å². The van der Waals surface area contributed by atoms with Gasteiger partial charge in [-0.15, -0.1) is 0 Å². The predicted molar refractivity (Wildman–Crippen MR) is 47.0 cm³/mol. The van der Waals surface area contributed by atoms with E-state index in [0.717, 1.165) is 6.26 Å². The van der Waals surface area contributed by atoms with Crippen molar-refractivity contribution >= 4 is 15.8 Å². The van der Waals surface area contributed by atoms with E-state index in [4.69, 9.17) is 10.8 Å². The number of hydrogen-bond donors (Lipinski definition) is 2. The molecule has 1 rings (SSSR count). The lowest BCUT2D eigenvalue weighted by Crippen LogP contribution is -2.57. The van der Waals surface area contributed by atoms with Gasteiger partial charge in [-0.05, 0) is 12.8 Å². The summed E-state index contributed by atoms with van der Waals surface area (Å²) in [6, 6.07) is 0. The first-order chi connectivity index (χ1) is 5.73. The molecule has 13 heavy (non-hydrogen) atoms. The molecule has 0 aromatic heterocycles. The number of aliphatic carboxylic acids is 1. The summed E-state index contributed by atoms with van der Waals surface area (Å²) in [6.45, 7) is 0. The number of hydrogen-bond acceptors (Lipinski definition) is 4. The van der Waals surface area contributed by atoms with E-state index in [-0.39, 0.29) is 19.3 Å². The van der Waals surface area contributed by atoms with Gasteiger partial charge >= 0.3 is 5.97 Å². The van der Waals surface area contributed by atoms with Crippen molar-refractivity contribution in [2.24, 2.45) is 5.73 Å². The normalized spacial score (nSPS) is 33.8. The molecule has 1 aliphatic carbocycles. The molecule has 0 atom stereocenters. The fourth-order valence-corrected chi connectivity index (χ4v) is 2.86. The van der Waals surface area contributed by atoms with Gasteiger partial charge in [0, 0.05) is 11.8 Å². The number of carboxylic acids is 1. The van der Waals surface area contributed by atoms with E-state index in [0.29, 0.717) is 0 Å². The summed E-state index contributed by atoms with van der Waals surface area (Å²) in [6.07, 6.45) is 1.52. The highest BCUT2D eigenvalue weighted by molar-refractivity contribution is 7.91. The van der Waals surface area contributed by atoms with Crippen molar-refractivity contribution in [3.63, 3.8) is 0 Å². The van der Waals surface area contributed by atoms with Gasteiger partial charge in [0.1, 0.15) is 9.84 Å². The maximum atomic E-state index is 11.0. The van der Waals surface area contributed by atoms with Gasteiger partial charge in [-0.3, -0.25) is 4.79 Å². The fraction of sp³-hybridized carbons (Fsp3) is 0.857. The molecular formula is C7H13NO4S. The molecule has 6 heteroatoms. The topological polar surface area (TPSA) is 97.5 Å². The Kier molecular flexibility index (Phi) is 2.38. The third kappa shape index (κ3) is 2.41. The summed E-state index contributed by atoms with van der Waals surface area (Å²) in [7, 11) is -3.05. The molecule has 0 aromatic rings. The van der Waals surface area contributed by atoms with Crippen molar-refractivity contribution in [3.05, 3.63) is 0 Å². The molecule has 0 aromatic carbocycles. The van der Waals surface area contributed by atoms with Crippen LogP contribution in [0.15, 0.2) is 0 Å². The first-order valence-corrected chi connectivity index (χ1v) is 5.88. The molecule has 1 aliphatic rings. The van der Waals surface area contributed by atoms with E-state index >= 15 is 0 Å². The molecule has 0 spiro atoms. The SMILES string of the molecule is CS(=O)(=O)C1CC(N)(CC(=O)O)C1. The van der Waals surface area contributed by atoms with Crippen LogP contribution in [-0.4, -0.2) is 36.5 Å². The molecule has 0 unspecified atom stereocenters. The minimum absolute atomic E-state index is 0.154. The van der Waals surface area contributed by atoms with E-state index in [1.54, 1.807) is 0 Å². The van der Waals surface area contributed by atoms with E-state index in [1.165, 1.54) is 0 Å². The van der Waals surface area contributed by atoms with Gasteiger partial charge in [-0.1, -0.05) is 0 Å². The third-order valence-electron chi connectivity index (χ3n) is 2.38. The molecule has 3 N–H and O–H groups in total. The van der Waals surface area contributed by atoms with Gasteiger partial charge in [-0.25, -0.2) is 8.42 Å². The Bertz CT molecular complexity index is 315. The van der Waals surface area contributed by atoms with Crippen LogP contribution in [0.1, 0.15) is 19.3 Å². The first-order valence-electron chi connectivity index (χ1n) is 3.92. The number of nitrogens with two attached hydrogens (primary N) is 1. The van der Waals surface area contributed by atoms with Crippen molar-refractivity contribution in [1.29, 1.82) is 0 Å². The molecule has 0 heterocycles. The quantitative estimate of drug-likeness (QED) is 0.642. The zero-order chi connectivity index (χ0) is 10.3. The monoisotopic (exact) mass is 207 g/mol. The minimum atomic E-state index is -3.05. The highest BCUT2D eigenvalue weighted by Crippen LogP contribution is 2.36. The molecule has 0 radical (unpaired) electrons. The molecule has 5 nitrogen and oxygen atoms in total. The average Bonchev–Trinajstić information content (AvgIpc) is 1.78. The van der Waals surface area contributed by atoms with Gasteiger partial charge in [-0.2, -0.15) is 0 Å². The van der Waals surface area contributed by atoms with Crippen molar-refractivity contribution in [2.75, 3.05) is 6.26 Å². The lowest BCUT2D eigenvalue weighted by Gasteiger charge is -2.42. The van der Waals surface area contributed by atoms with E-state index in [1.807, 2.05) is 0 Å². The zero-order valence-electron chi connectivity index (χ0n) is 7.36. The van der Waals surface area contributed by atoms with Gasteiger partial charge in [0.25, 0.3) is 0 Å². The van der Waals surface area contributed by atoms with E-state index in [9.17, 15) is 13.2 Å². The number of carboxylic acid groups (broad SMARTS) is 1. The average molecular weight is 207 g/mol. The van der Waals surface area contributed by atoms with Crippen LogP contribution in [0.2, 0.25) is 0 Å². The molecular weight excluding hydrogens is 194 g/mol. The van der Waals surface area contributed by atoms with Crippen LogP contribution >= 0.6 is 0 Å². The van der Waals surface area contributed by atoms with Crippen molar-refractivity contribution in [2.45, 2.75) is 30.1 Å². The Morgan fingerprint density at radius 3 is 2.38 bits per heavy atom. The lowest BCUT2D eigenvalue weighted by atomic mass is 9.75. The lowest BCUT2D eigenvalue weighted by molar-refractivity contribution is -0.139.